The van der Waals surface area contributed by atoms with Gasteiger partial charge in [-0.25, -0.2) is 0 Å². The number of rotatable bonds is 4. The van der Waals surface area contributed by atoms with Crippen LogP contribution in [0.5, 0.6) is 0 Å². The Labute approximate surface area is 129 Å². The maximum atomic E-state index is 3.71. The number of benzene rings is 1. The normalized spacial score (nSPS) is 26.6. The third-order valence-corrected chi connectivity index (χ3v) is 5.49. The third kappa shape index (κ3) is 3.67. The summed E-state index contributed by atoms with van der Waals surface area (Å²) in [4.78, 5) is 2.78. The highest BCUT2D eigenvalue weighted by molar-refractivity contribution is 5.20. The van der Waals surface area contributed by atoms with E-state index < -0.39 is 0 Å². The molecule has 3 rings (SSSR count). The second-order valence-electron chi connectivity index (χ2n) is 6.79. The number of nitrogens with one attached hydrogen (secondary N) is 1. The maximum Gasteiger partial charge on any atom is 0.0449 e. The molecule has 1 aliphatic carbocycles. The smallest absolute Gasteiger partial charge is 0.0449 e. The van der Waals surface area contributed by atoms with Crippen molar-refractivity contribution in [3.63, 3.8) is 0 Å². The summed E-state index contributed by atoms with van der Waals surface area (Å²) in [5, 5.41) is 3.71. The van der Waals surface area contributed by atoms with Crippen LogP contribution in [-0.2, 0) is 0 Å². The largest absolute Gasteiger partial charge is 0.308 e. The van der Waals surface area contributed by atoms with Crippen molar-refractivity contribution < 1.29 is 0 Å². The van der Waals surface area contributed by atoms with Crippen molar-refractivity contribution >= 4 is 0 Å². The minimum absolute atomic E-state index is 0.512. The van der Waals surface area contributed by atoms with Crippen molar-refractivity contribution in [1.82, 2.24) is 10.2 Å². The first kappa shape index (κ1) is 15.1. The molecule has 2 heteroatoms. The van der Waals surface area contributed by atoms with Crippen molar-refractivity contribution in [2.75, 3.05) is 19.6 Å². The van der Waals surface area contributed by atoms with Gasteiger partial charge in [0.05, 0.1) is 0 Å². The lowest BCUT2D eigenvalue weighted by Gasteiger charge is -2.43. The van der Waals surface area contributed by atoms with Crippen LogP contribution in [-0.4, -0.2) is 30.6 Å². The minimum atomic E-state index is 0.512. The van der Waals surface area contributed by atoms with Gasteiger partial charge in [0, 0.05) is 31.7 Å². The Balaban J connectivity index is 1.66. The average molecular weight is 286 g/mol. The van der Waals surface area contributed by atoms with Gasteiger partial charge in [-0.15, -0.1) is 0 Å². The topological polar surface area (TPSA) is 15.3 Å². The molecule has 2 fully saturated rings. The zero-order valence-electron chi connectivity index (χ0n) is 13.4. The molecule has 0 aromatic heterocycles. The summed E-state index contributed by atoms with van der Waals surface area (Å²) in [6.07, 6.45) is 8.59. The summed E-state index contributed by atoms with van der Waals surface area (Å²) in [6.45, 7) is 5.92. The Morgan fingerprint density at radius 2 is 1.90 bits per heavy atom. The molecule has 2 atom stereocenters. The summed E-state index contributed by atoms with van der Waals surface area (Å²) >= 11 is 0. The molecular weight excluding hydrogens is 256 g/mol. The molecule has 0 spiro atoms. The highest BCUT2D eigenvalue weighted by Gasteiger charge is 2.31. The third-order valence-electron chi connectivity index (χ3n) is 5.49. The molecule has 0 amide bonds. The second kappa shape index (κ2) is 7.42. The molecule has 0 radical (unpaired) electrons. The first-order valence-corrected chi connectivity index (χ1v) is 8.91. The van der Waals surface area contributed by atoms with E-state index in [-0.39, 0.29) is 0 Å². The van der Waals surface area contributed by atoms with Crippen LogP contribution >= 0.6 is 0 Å². The SMILES string of the molecule is CCC(C1CCCCC1)N1CCNC(c2ccccc2)C1. The van der Waals surface area contributed by atoms with E-state index in [2.05, 4.69) is 47.5 Å². The van der Waals surface area contributed by atoms with Crippen LogP contribution in [0.15, 0.2) is 30.3 Å². The van der Waals surface area contributed by atoms with E-state index in [1.165, 1.54) is 57.2 Å². The fourth-order valence-corrected chi connectivity index (χ4v) is 4.39. The molecule has 1 heterocycles. The maximum absolute atomic E-state index is 3.71. The monoisotopic (exact) mass is 286 g/mol. The van der Waals surface area contributed by atoms with Gasteiger partial charge in [0.25, 0.3) is 0 Å². The average Bonchev–Trinajstić information content (AvgIpc) is 2.58. The molecule has 0 bridgehead atoms. The number of hydrogen-bond acceptors (Lipinski definition) is 2. The Bertz CT molecular complexity index is 411. The summed E-state index contributed by atoms with van der Waals surface area (Å²) in [6, 6.07) is 12.3. The lowest BCUT2D eigenvalue weighted by Crippen LogP contribution is -2.52. The van der Waals surface area contributed by atoms with Gasteiger partial charge in [0.2, 0.25) is 0 Å². The Hall–Kier alpha value is -0.860. The van der Waals surface area contributed by atoms with Gasteiger partial charge in [-0.2, -0.15) is 0 Å². The molecule has 2 aliphatic rings. The molecule has 116 valence electrons. The standard InChI is InChI=1S/C19H30N2/c1-2-19(17-11-7-4-8-12-17)21-14-13-20-18(15-21)16-9-5-3-6-10-16/h3,5-6,9-10,17-20H,2,4,7-8,11-15H2,1H3. The summed E-state index contributed by atoms with van der Waals surface area (Å²) in [7, 11) is 0. The van der Waals surface area contributed by atoms with Crippen LogP contribution in [0.25, 0.3) is 0 Å². The van der Waals surface area contributed by atoms with Gasteiger partial charge in [-0.1, -0.05) is 56.5 Å². The molecule has 1 aromatic rings. The summed E-state index contributed by atoms with van der Waals surface area (Å²) in [5.41, 5.74) is 1.45. The minimum Gasteiger partial charge on any atom is -0.308 e. The quantitative estimate of drug-likeness (QED) is 0.900. The van der Waals surface area contributed by atoms with Gasteiger partial charge in [0.15, 0.2) is 0 Å². The van der Waals surface area contributed by atoms with E-state index in [4.69, 9.17) is 0 Å². The van der Waals surface area contributed by atoms with Crippen LogP contribution in [0.1, 0.15) is 57.1 Å². The first-order valence-electron chi connectivity index (χ1n) is 8.91. The predicted octanol–water partition coefficient (Wildman–Crippen LogP) is 3.99. The van der Waals surface area contributed by atoms with E-state index in [0.29, 0.717) is 6.04 Å². The van der Waals surface area contributed by atoms with Crippen molar-refractivity contribution in [2.24, 2.45) is 5.92 Å². The van der Waals surface area contributed by atoms with Gasteiger partial charge < -0.3 is 5.32 Å². The molecule has 1 saturated heterocycles. The van der Waals surface area contributed by atoms with Crippen LogP contribution in [0.3, 0.4) is 0 Å². The second-order valence-corrected chi connectivity index (χ2v) is 6.79. The highest BCUT2D eigenvalue weighted by atomic mass is 15.2. The van der Waals surface area contributed by atoms with Gasteiger partial charge in [-0.05, 0) is 30.7 Å². The van der Waals surface area contributed by atoms with Crippen LogP contribution in [0, 0.1) is 5.92 Å². The molecule has 1 aromatic carbocycles. The number of piperazine rings is 1. The lowest BCUT2D eigenvalue weighted by molar-refractivity contribution is 0.0826. The molecule has 21 heavy (non-hydrogen) atoms. The fraction of sp³-hybridized carbons (Fsp3) is 0.684. The predicted molar refractivity (Wildman–Crippen MR) is 89.4 cm³/mol. The van der Waals surface area contributed by atoms with Gasteiger partial charge >= 0.3 is 0 Å². The highest BCUT2D eigenvalue weighted by Crippen LogP contribution is 2.32. The molecular formula is C19H30N2. The molecule has 1 N–H and O–H groups in total. The fourth-order valence-electron chi connectivity index (χ4n) is 4.39. The van der Waals surface area contributed by atoms with Gasteiger partial charge in [0.1, 0.15) is 0 Å². The molecule has 2 nitrogen and oxygen atoms in total. The van der Waals surface area contributed by atoms with Crippen molar-refractivity contribution in [3.05, 3.63) is 35.9 Å². The molecule has 1 saturated carbocycles. The molecule has 2 unspecified atom stereocenters. The Kier molecular flexibility index (Phi) is 5.32. The van der Waals surface area contributed by atoms with Crippen LogP contribution < -0.4 is 5.32 Å². The van der Waals surface area contributed by atoms with E-state index >= 15 is 0 Å². The van der Waals surface area contributed by atoms with E-state index in [0.717, 1.165) is 18.5 Å². The van der Waals surface area contributed by atoms with Crippen molar-refractivity contribution in [1.29, 1.82) is 0 Å². The Morgan fingerprint density at radius 3 is 2.62 bits per heavy atom. The first-order chi connectivity index (χ1) is 10.4. The van der Waals surface area contributed by atoms with Crippen LogP contribution in [0.2, 0.25) is 0 Å². The number of hydrogen-bond donors (Lipinski definition) is 1. The zero-order chi connectivity index (χ0) is 14.5. The van der Waals surface area contributed by atoms with E-state index in [9.17, 15) is 0 Å². The van der Waals surface area contributed by atoms with Gasteiger partial charge in [-0.3, -0.25) is 4.90 Å². The van der Waals surface area contributed by atoms with E-state index in [1.807, 2.05) is 0 Å². The summed E-state index contributed by atoms with van der Waals surface area (Å²) < 4.78 is 0. The lowest BCUT2D eigenvalue weighted by atomic mass is 9.81. The molecule has 1 aliphatic heterocycles. The zero-order valence-corrected chi connectivity index (χ0v) is 13.4. The van der Waals surface area contributed by atoms with Crippen molar-refractivity contribution in [2.45, 2.75) is 57.5 Å². The van der Waals surface area contributed by atoms with E-state index in [1.54, 1.807) is 0 Å². The summed E-state index contributed by atoms with van der Waals surface area (Å²) in [5.74, 6) is 0.943. The Morgan fingerprint density at radius 1 is 1.14 bits per heavy atom. The number of nitrogens with zero attached hydrogens (tertiary/aromatic N) is 1. The van der Waals surface area contributed by atoms with Crippen molar-refractivity contribution in [3.8, 4) is 0 Å². The van der Waals surface area contributed by atoms with Crippen LogP contribution in [0.4, 0.5) is 0 Å².